The number of hydrogen-bond acceptors (Lipinski definition) is 3. The molecule has 0 unspecified atom stereocenters. The van der Waals surface area contributed by atoms with E-state index in [9.17, 15) is 114 Å². The molecule has 1 fully saturated rings. The van der Waals surface area contributed by atoms with Crippen LogP contribution >= 0.6 is 0 Å². The lowest BCUT2D eigenvalue weighted by Gasteiger charge is -2.44. The Morgan fingerprint density at radius 3 is 1.22 bits per heavy atom. The molecule has 0 aromatic heterocycles. The lowest BCUT2D eigenvalue weighted by atomic mass is 9.76. The molecule has 1 saturated heterocycles. The summed E-state index contributed by atoms with van der Waals surface area (Å²) in [5.74, 6) is -79.7. The van der Waals surface area contributed by atoms with E-state index >= 15 is 0 Å². The molecule has 3 nitrogen and oxygen atoms in total. The van der Waals surface area contributed by atoms with Crippen molar-refractivity contribution < 1.29 is 128 Å². The summed E-state index contributed by atoms with van der Waals surface area (Å²) in [6.45, 7) is -1.52. The van der Waals surface area contributed by atoms with Gasteiger partial charge in [-0.2, -0.15) is 114 Å². The summed E-state index contributed by atoms with van der Waals surface area (Å²) >= 11 is 0. The zero-order valence-electron chi connectivity index (χ0n) is 28.8. The molecule has 0 bridgehead atoms. The lowest BCUT2D eigenvalue weighted by molar-refractivity contribution is -0.441. The van der Waals surface area contributed by atoms with Crippen LogP contribution < -0.4 is 4.74 Å². The molecule has 29 heteroatoms. The van der Waals surface area contributed by atoms with Crippen molar-refractivity contribution in [2.75, 3.05) is 19.8 Å². The highest BCUT2D eigenvalue weighted by Crippen LogP contribution is 2.63. The average molecular weight is 928 g/mol. The van der Waals surface area contributed by atoms with Crippen LogP contribution in [0.2, 0.25) is 0 Å². The molecule has 1 aromatic carbocycles. The second-order valence-corrected chi connectivity index (χ2v) is 13.2. The second-order valence-electron chi connectivity index (χ2n) is 13.2. The monoisotopic (exact) mass is 928 g/mol. The van der Waals surface area contributed by atoms with E-state index in [0.717, 1.165) is 12.1 Å². The first-order valence-electron chi connectivity index (χ1n) is 15.9. The van der Waals surface area contributed by atoms with Gasteiger partial charge in [-0.05, 0) is 31.4 Å². The maximum atomic E-state index is 14.7. The van der Waals surface area contributed by atoms with Gasteiger partial charge in [0.25, 0.3) is 0 Å². The van der Waals surface area contributed by atoms with E-state index in [2.05, 4.69) is 0 Å². The Kier molecular flexibility index (Phi) is 14.3. The Morgan fingerprint density at radius 2 is 0.881 bits per heavy atom. The predicted octanol–water partition coefficient (Wildman–Crippen LogP) is 12.9. The molecule has 0 spiro atoms. The van der Waals surface area contributed by atoms with Gasteiger partial charge in [0.15, 0.2) is 6.29 Å². The van der Waals surface area contributed by atoms with Crippen LogP contribution in [0.4, 0.5) is 114 Å². The van der Waals surface area contributed by atoms with E-state index in [1.54, 1.807) is 6.92 Å². The van der Waals surface area contributed by atoms with Crippen LogP contribution in [0.25, 0.3) is 0 Å². The molecule has 1 aliphatic rings. The van der Waals surface area contributed by atoms with Crippen molar-refractivity contribution in [3.8, 4) is 5.75 Å². The van der Waals surface area contributed by atoms with Crippen LogP contribution in [0.1, 0.15) is 57.3 Å². The van der Waals surface area contributed by atoms with Gasteiger partial charge in [-0.15, -0.1) is 0 Å². The fourth-order valence-corrected chi connectivity index (χ4v) is 5.05. The Morgan fingerprint density at radius 1 is 0.525 bits per heavy atom. The Hall–Kier alpha value is -2.88. The van der Waals surface area contributed by atoms with Crippen molar-refractivity contribution in [2.45, 2.75) is 123 Å². The number of rotatable bonds is 19. The van der Waals surface area contributed by atoms with Crippen molar-refractivity contribution in [2.24, 2.45) is 5.41 Å². The van der Waals surface area contributed by atoms with Crippen LogP contribution in [-0.2, 0) is 9.47 Å². The van der Waals surface area contributed by atoms with Gasteiger partial charge in [0, 0.05) is 23.8 Å². The minimum Gasteiger partial charge on any atom is -0.494 e. The van der Waals surface area contributed by atoms with Gasteiger partial charge < -0.3 is 14.2 Å². The highest BCUT2D eigenvalue weighted by molar-refractivity contribution is 5.29. The van der Waals surface area contributed by atoms with Crippen molar-refractivity contribution in [3.05, 3.63) is 29.8 Å². The first kappa shape index (κ1) is 52.3. The fourth-order valence-electron chi connectivity index (χ4n) is 5.05. The lowest BCUT2D eigenvalue weighted by Crippen LogP contribution is -2.70. The molecular weight excluding hydrogens is 902 g/mol. The molecule has 59 heavy (non-hydrogen) atoms. The number of hydrogen-bond donors (Lipinski definition) is 0. The minimum absolute atomic E-state index is 0.0198. The summed E-state index contributed by atoms with van der Waals surface area (Å²) < 4.78 is 370. The van der Waals surface area contributed by atoms with Crippen molar-refractivity contribution in [3.63, 3.8) is 0 Å². The van der Waals surface area contributed by atoms with E-state index in [0.29, 0.717) is 12.8 Å². The van der Waals surface area contributed by atoms with Crippen molar-refractivity contribution >= 4 is 0 Å². The predicted molar refractivity (Wildman–Crippen MR) is 144 cm³/mol. The zero-order chi connectivity index (χ0) is 46.5. The van der Waals surface area contributed by atoms with Crippen LogP contribution in [0.3, 0.4) is 0 Å². The van der Waals surface area contributed by atoms with E-state index in [4.69, 9.17) is 14.2 Å². The number of alkyl halides is 26. The first-order valence-corrected chi connectivity index (χ1v) is 15.9. The minimum atomic E-state index is -8.40. The molecule has 346 valence electrons. The van der Waals surface area contributed by atoms with E-state index in [1.165, 1.54) is 12.1 Å². The molecule has 0 aliphatic carbocycles. The standard InChI is InChI=1S/C30H26F26O3/c1-2-3-11-57-16-6-4-5-15(12-16)17-58-13-18(14-59-17,7-9-19(31,32)21(35,36)23(39,40)25(43,44)27(47,48)29(51,52)53)8-10-20(33,34)22(37,38)24(41,42)26(45,46)28(49,50)30(54,55)56/h4-6,12,17H,2-3,7-11,13-14H2,1H3. The van der Waals surface area contributed by atoms with Gasteiger partial charge in [0.05, 0.1) is 19.8 Å². The van der Waals surface area contributed by atoms with E-state index in [1.807, 2.05) is 0 Å². The maximum absolute atomic E-state index is 14.7. The van der Waals surface area contributed by atoms with Gasteiger partial charge in [0.1, 0.15) is 5.75 Å². The fraction of sp³-hybridized carbons (Fsp3) is 0.800. The summed E-state index contributed by atoms with van der Waals surface area (Å²) in [6.07, 6.45) is -27.6. The van der Waals surface area contributed by atoms with Crippen molar-refractivity contribution in [1.29, 1.82) is 0 Å². The van der Waals surface area contributed by atoms with Gasteiger partial charge in [-0.25, -0.2) is 0 Å². The van der Waals surface area contributed by atoms with Crippen LogP contribution in [0.15, 0.2) is 24.3 Å². The average Bonchev–Trinajstić information content (AvgIpc) is 3.09. The highest BCUT2D eigenvalue weighted by atomic mass is 19.4. The number of benzene rings is 1. The summed E-state index contributed by atoms with van der Waals surface area (Å²) in [5, 5.41) is 0. The van der Waals surface area contributed by atoms with Crippen LogP contribution in [0, 0.1) is 5.41 Å². The topological polar surface area (TPSA) is 27.7 Å². The SMILES string of the molecule is CCCCOc1cccc(C2OCC(CCC(F)(F)C(F)(F)C(F)(F)C(F)(F)C(F)(F)C(F)(F)F)(CCC(F)(F)C(F)(F)C(F)(F)C(F)(F)C(F)(F)C(F)(F)F)CO2)c1. The number of halogens is 26. The maximum Gasteiger partial charge on any atom is 0.460 e. The molecule has 0 amide bonds. The van der Waals surface area contributed by atoms with Gasteiger partial charge in [-0.1, -0.05) is 25.5 Å². The van der Waals surface area contributed by atoms with E-state index in [-0.39, 0.29) is 17.9 Å². The van der Waals surface area contributed by atoms with E-state index < -0.39 is 122 Å². The number of unbranched alkanes of at least 4 members (excludes halogenated alkanes) is 1. The molecular formula is C30H26F26O3. The Balaban J connectivity index is 2.58. The molecule has 0 N–H and O–H groups in total. The summed E-state index contributed by atoms with van der Waals surface area (Å²) in [4.78, 5) is 0. The van der Waals surface area contributed by atoms with Crippen LogP contribution in [-0.4, -0.2) is 91.4 Å². The van der Waals surface area contributed by atoms with Gasteiger partial charge in [-0.3, -0.25) is 0 Å². The van der Waals surface area contributed by atoms with Gasteiger partial charge in [0.2, 0.25) is 0 Å². The molecule has 0 radical (unpaired) electrons. The summed E-state index contributed by atoms with van der Waals surface area (Å²) in [6, 6.07) is 4.69. The third-order valence-corrected chi connectivity index (χ3v) is 8.91. The quantitative estimate of drug-likeness (QED) is 0.102. The van der Waals surface area contributed by atoms with Gasteiger partial charge >= 0.3 is 71.6 Å². The summed E-state index contributed by atoms with van der Waals surface area (Å²) in [5.41, 5.74) is -3.42. The molecule has 0 atom stereocenters. The number of ether oxygens (including phenoxy) is 3. The first-order chi connectivity index (χ1) is 26.0. The largest absolute Gasteiger partial charge is 0.494 e. The Labute approximate surface area is 313 Å². The molecule has 1 heterocycles. The highest BCUT2D eigenvalue weighted by Gasteiger charge is 2.92. The third-order valence-electron chi connectivity index (χ3n) is 8.91. The normalized spacial score (nSPS) is 18.0. The van der Waals surface area contributed by atoms with Crippen molar-refractivity contribution in [1.82, 2.24) is 0 Å². The molecule has 1 aromatic rings. The van der Waals surface area contributed by atoms with Crippen LogP contribution in [0.5, 0.6) is 5.75 Å². The molecule has 1 aliphatic heterocycles. The third kappa shape index (κ3) is 8.91. The molecule has 0 saturated carbocycles. The molecule has 2 rings (SSSR count). The second kappa shape index (κ2) is 16.1. The Bertz CT molecular complexity index is 1480. The smallest absolute Gasteiger partial charge is 0.460 e. The summed E-state index contributed by atoms with van der Waals surface area (Å²) in [7, 11) is 0. The zero-order valence-corrected chi connectivity index (χ0v) is 28.8.